The molecule has 0 radical (unpaired) electrons. The van der Waals surface area contributed by atoms with E-state index in [1.165, 1.54) is 5.56 Å². The molecule has 0 amide bonds. The number of benzene rings is 1. The second-order valence-corrected chi connectivity index (χ2v) is 9.09. The molecule has 1 aromatic carbocycles. The second-order valence-electron chi connectivity index (χ2n) is 9.09. The lowest BCUT2D eigenvalue weighted by molar-refractivity contribution is -0.0515. The van der Waals surface area contributed by atoms with E-state index in [-0.39, 0.29) is 17.1 Å². The minimum Gasteiger partial charge on any atom is -0.374 e. The Morgan fingerprint density at radius 1 is 1.21 bits per heavy atom. The molecule has 28 heavy (non-hydrogen) atoms. The Bertz CT molecular complexity index is 809. The minimum absolute atomic E-state index is 0.0945. The van der Waals surface area contributed by atoms with E-state index in [9.17, 15) is 5.11 Å². The number of likely N-dealkylation sites (tertiary alicyclic amines) is 1. The third-order valence-electron chi connectivity index (χ3n) is 7.13. The lowest BCUT2D eigenvalue weighted by Gasteiger charge is -2.42. The van der Waals surface area contributed by atoms with Gasteiger partial charge in [-0.2, -0.15) is 5.10 Å². The molecule has 2 aromatic rings. The Hall–Kier alpha value is -1.85. The standard InChI is InChI=1S/C23H34N4O/c1-5-23(6-2)13-10-14-26(23)21(28)18-16-24-27-20(18)25-19(15-22(27,3)4)17-11-8-7-9-12-17/h7-9,11-12,16,19,21,25,28H,5-6,10,13-15H2,1-4H3. The molecule has 2 aliphatic heterocycles. The third-order valence-corrected chi connectivity index (χ3v) is 7.13. The molecule has 3 heterocycles. The molecule has 0 saturated carbocycles. The summed E-state index contributed by atoms with van der Waals surface area (Å²) >= 11 is 0. The van der Waals surface area contributed by atoms with Crippen LogP contribution >= 0.6 is 0 Å². The maximum atomic E-state index is 11.4. The fraction of sp³-hybridized carbons (Fsp3) is 0.609. The predicted octanol–water partition coefficient (Wildman–Crippen LogP) is 4.82. The van der Waals surface area contributed by atoms with Crippen LogP contribution in [0.1, 0.15) is 83.2 Å². The number of hydrogen-bond donors (Lipinski definition) is 2. The van der Waals surface area contributed by atoms with E-state index in [1.807, 2.05) is 6.20 Å². The smallest absolute Gasteiger partial charge is 0.139 e. The Kier molecular flexibility index (Phi) is 5.00. The molecular formula is C23H34N4O. The minimum atomic E-state index is -0.621. The SMILES string of the molecule is CCC1(CC)CCCN1C(O)c1cnn2c1NC(c1ccccc1)CC2(C)C. The van der Waals surface area contributed by atoms with E-state index in [4.69, 9.17) is 5.10 Å². The number of aliphatic hydroxyl groups is 1. The Morgan fingerprint density at radius 3 is 2.61 bits per heavy atom. The number of anilines is 1. The first-order valence-corrected chi connectivity index (χ1v) is 10.8. The van der Waals surface area contributed by atoms with E-state index >= 15 is 0 Å². The maximum Gasteiger partial charge on any atom is 0.139 e. The fourth-order valence-electron chi connectivity index (χ4n) is 5.36. The summed E-state index contributed by atoms with van der Waals surface area (Å²) in [5.74, 6) is 0.964. The predicted molar refractivity (Wildman–Crippen MR) is 113 cm³/mol. The zero-order valence-electron chi connectivity index (χ0n) is 17.7. The van der Waals surface area contributed by atoms with Gasteiger partial charge in [0.15, 0.2) is 0 Å². The van der Waals surface area contributed by atoms with Gasteiger partial charge in [-0.3, -0.25) is 4.90 Å². The van der Waals surface area contributed by atoms with Crippen LogP contribution in [-0.2, 0) is 5.54 Å². The average Bonchev–Trinajstić information content (AvgIpc) is 3.33. The largest absolute Gasteiger partial charge is 0.374 e. The summed E-state index contributed by atoms with van der Waals surface area (Å²) < 4.78 is 2.07. The fourth-order valence-corrected chi connectivity index (χ4v) is 5.36. The Labute approximate surface area is 168 Å². The zero-order valence-corrected chi connectivity index (χ0v) is 17.7. The summed E-state index contributed by atoms with van der Waals surface area (Å²) in [5, 5.41) is 19.8. The van der Waals surface area contributed by atoms with Crippen molar-refractivity contribution >= 4 is 5.82 Å². The summed E-state index contributed by atoms with van der Waals surface area (Å²) in [6.07, 6.45) is 6.64. The number of nitrogens with zero attached hydrogens (tertiary/aromatic N) is 3. The van der Waals surface area contributed by atoms with Gasteiger partial charge in [0.2, 0.25) is 0 Å². The number of hydrogen-bond acceptors (Lipinski definition) is 4. The highest BCUT2D eigenvalue weighted by molar-refractivity contribution is 5.50. The number of aromatic nitrogens is 2. The van der Waals surface area contributed by atoms with Crippen molar-refractivity contribution in [1.29, 1.82) is 0 Å². The summed E-state index contributed by atoms with van der Waals surface area (Å²) in [5.41, 5.74) is 2.16. The second kappa shape index (κ2) is 7.20. The lowest BCUT2D eigenvalue weighted by atomic mass is 9.88. The van der Waals surface area contributed by atoms with Crippen molar-refractivity contribution in [2.75, 3.05) is 11.9 Å². The van der Waals surface area contributed by atoms with Crippen LogP contribution in [0.25, 0.3) is 0 Å². The molecule has 1 fully saturated rings. The Balaban J connectivity index is 1.70. The maximum absolute atomic E-state index is 11.4. The van der Waals surface area contributed by atoms with Crippen LogP contribution in [0.3, 0.4) is 0 Å². The van der Waals surface area contributed by atoms with E-state index < -0.39 is 6.23 Å². The van der Waals surface area contributed by atoms with E-state index in [0.717, 1.165) is 50.0 Å². The average molecular weight is 383 g/mol. The summed E-state index contributed by atoms with van der Waals surface area (Å²) in [7, 11) is 0. The van der Waals surface area contributed by atoms with Crippen molar-refractivity contribution in [3.8, 4) is 0 Å². The van der Waals surface area contributed by atoms with Gasteiger partial charge in [0.05, 0.1) is 23.3 Å². The first-order chi connectivity index (χ1) is 13.4. The van der Waals surface area contributed by atoms with Crippen LogP contribution in [0, 0.1) is 0 Å². The summed E-state index contributed by atoms with van der Waals surface area (Å²) in [6, 6.07) is 10.8. The molecule has 5 heteroatoms. The lowest BCUT2D eigenvalue weighted by Crippen LogP contribution is -2.45. The molecule has 5 nitrogen and oxygen atoms in total. The van der Waals surface area contributed by atoms with Gasteiger partial charge >= 0.3 is 0 Å². The molecule has 0 bridgehead atoms. The van der Waals surface area contributed by atoms with Gasteiger partial charge in [-0.15, -0.1) is 0 Å². The molecule has 1 aromatic heterocycles. The molecule has 2 aliphatic rings. The van der Waals surface area contributed by atoms with Crippen molar-refractivity contribution in [2.24, 2.45) is 0 Å². The van der Waals surface area contributed by atoms with Gasteiger partial charge in [-0.1, -0.05) is 44.2 Å². The van der Waals surface area contributed by atoms with E-state index in [0.29, 0.717) is 0 Å². The van der Waals surface area contributed by atoms with Crippen LogP contribution in [0.4, 0.5) is 5.82 Å². The van der Waals surface area contributed by atoms with Gasteiger partial charge in [0.1, 0.15) is 12.0 Å². The number of nitrogens with one attached hydrogen (secondary N) is 1. The molecule has 0 spiro atoms. The van der Waals surface area contributed by atoms with Crippen molar-refractivity contribution in [3.63, 3.8) is 0 Å². The van der Waals surface area contributed by atoms with Crippen molar-refractivity contribution in [3.05, 3.63) is 47.7 Å². The first-order valence-electron chi connectivity index (χ1n) is 10.8. The van der Waals surface area contributed by atoms with Crippen LogP contribution in [0.5, 0.6) is 0 Å². The van der Waals surface area contributed by atoms with E-state index in [1.54, 1.807) is 0 Å². The normalized spacial score (nSPS) is 24.5. The molecule has 2 N–H and O–H groups in total. The van der Waals surface area contributed by atoms with Gasteiger partial charge in [0, 0.05) is 12.1 Å². The molecule has 2 unspecified atom stereocenters. The number of aliphatic hydroxyl groups excluding tert-OH is 1. The quantitative estimate of drug-likeness (QED) is 0.778. The molecular weight excluding hydrogens is 348 g/mol. The highest BCUT2D eigenvalue weighted by atomic mass is 16.3. The van der Waals surface area contributed by atoms with Crippen molar-refractivity contribution < 1.29 is 5.11 Å². The van der Waals surface area contributed by atoms with Crippen molar-refractivity contribution in [2.45, 2.75) is 83.1 Å². The van der Waals surface area contributed by atoms with Gasteiger partial charge in [-0.25, -0.2) is 4.68 Å². The highest BCUT2D eigenvalue weighted by Gasteiger charge is 2.44. The molecule has 2 atom stereocenters. The highest BCUT2D eigenvalue weighted by Crippen LogP contribution is 2.45. The van der Waals surface area contributed by atoms with Crippen LogP contribution < -0.4 is 5.32 Å². The summed E-state index contributed by atoms with van der Waals surface area (Å²) in [4.78, 5) is 2.31. The van der Waals surface area contributed by atoms with Crippen LogP contribution in [0.15, 0.2) is 36.5 Å². The first kappa shape index (κ1) is 19.5. The van der Waals surface area contributed by atoms with Crippen LogP contribution in [-0.4, -0.2) is 31.9 Å². The molecule has 1 saturated heterocycles. The number of fused-ring (bicyclic) bond motifs is 1. The monoisotopic (exact) mass is 382 g/mol. The van der Waals surface area contributed by atoms with Gasteiger partial charge < -0.3 is 10.4 Å². The molecule has 4 rings (SSSR count). The molecule has 152 valence electrons. The van der Waals surface area contributed by atoms with E-state index in [2.05, 4.69) is 72.9 Å². The number of rotatable bonds is 5. The van der Waals surface area contributed by atoms with Gasteiger partial charge in [0.25, 0.3) is 0 Å². The summed E-state index contributed by atoms with van der Waals surface area (Å²) in [6.45, 7) is 9.89. The zero-order chi connectivity index (χ0) is 19.9. The van der Waals surface area contributed by atoms with Gasteiger partial charge in [-0.05, 0) is 51.5 Å². The van der Waals surface area contributed by atoms with Crippen molar-refractivity contribution in [1.82, 2.24) is 14.7 Å². The Morgan fingerprint density at radius 2 is 1.93 bits per heavy atom. The third kappa shape index (κ3) is 3.05. The topological polar surface area (TPSA) is 53.3 Å². The molecule has 0 aliphatic carbocycles. The van der Waals surface area contributed by atoms with Crippen LogP contribution in [0.2, 0.25) is 0 Å².